The zero-order chi connectivity index (χ0) is 12.1. The fourth-order valence-corrected chi connectivity index (χ4v) is 1.29. The van der Waals surface area contributed by atoms with Gasteiger partial charge in [-0.05, 0) is 34.6 Å². The number of hydrogen-bond donors (Lipinski definition) is 1. The summed E-state index contributed by atoms with van der Waals surface area (Å²) < 4.78 is 4.87. The molecule has 0 rings (SSSR count). The monoisotopic (exact) mass is 217 g/mol. The Kier molecular flexibility index (Phi) is 5.83. The molecule has 1 N–H and O–H groups in total. The van der Waals surface area contributed by atoms with E-state index < -0.39 is 5.60 Å². The van der Waals surface area contributed by atoms with Gasteiger partial charge < -0.3 is 9.84 Å². The molecule has 0 fully saturated rings. The molecule has 0 heterocycles. The molecule has 0 atom stereocenters. The van der Waals surface area contributed by atoms with Gasteiger partial charge >= 0.3 is 5.97 Å². The van der Waals surface area contributed by atoms with Gasteiger partial charge in [0, 0.05) is 12.6 Å². The van der Waals surface area contributed by atoms with Gasteiger partial charge in [0.05, 0.1) is 18.8 Å². The molecular weight excluding hydrogens is 194 g/mol. The number of carbonyl (C=O) groups excluding carboxylic acids is 1. The molecule has 0 aliphatic heterocycles. The number of ether oxygens (including phenoxy) is 1. The van der Waals surface area contributed by atoms with Gasteiger partial charge in [0.1, 0.15) is 0 Å². The van der Waals surface area contributed by atoms with Crippen LogP contribution in [0.4, 0.5) is 0 Å². The van der Waals surface area contributed by atoms with Crippen molar-refractivity contribution in [1.29, 1.82) is 0 Å². The summed E-state index contributed by atoms with van der Waals surface area (Å²) in [6.07, 6.45) is 0. The second kappa shape index (κ2) is 6.08. The highest BCUT2D eigenvalue weighted by molar-refractivity contribution is 5.71. The molecule has 0 aromatic heterocycles. The molecule has 90 valence electrons. The highest BCUT2D eigenvalue weighted by atomic mass is 16.5. The summed E-state index contributed by atoms with van der Waals surface area (Å²) in [7, 11) is 0. The molecule has 0 bridgehead atoms. The molecule has 0 radical (unpaired) electrons. The first-order valence-corrected chi connectivity index (χ1v) is 5.38. The van der Waals surface area contributed by atoms with Gasteiger partial charge in [-0.15, -0.1) is 0 Å². The Hall–Kier alpha value is -0.610. The van der Waals surface area contributed by atoms with Crippen LogP contribution in [0.1, 0.15) is 34.6 Å². The molecule has 0 saturated carbocycles. The zero-order valence-electron chi connectivity index (χ0n) is 10.4. The lowest BCUT2D eigenvalue weighted by molar-refractivity contribution is -0.145. The van der Waals surface area contributed by atoms with Crippen LogP contribution in [0.2, 0.25) is 0 Å². The van der Waals surface area contributed by atoms with Crippen LogP contribution in [0, 0.1) is 0 Å². The van der Waals surface area contributed by atoms with Crippen LogP contribution in [0.15, 0.2) is 0 Å². The van der Waals surface area contributed by atoms with Gasteiger partial charge in [0.2, 0.25) is 0 Å². The minimum Gasteiger partial charge on any atom is -0.465 e. The first-order chi connectivity index (χ1) is 6.76. The second-order valence-corrected chi connectivity index (χ2v) is 4.62. The molecule has 15 heavy (non-hydrogen) atoms. The van der Waals surface area contributed by atoms with E-state index in [4.69, 9.17) is 4.74 Å². The fourth-order valence-electron chi connectivity index (χ4n) is 1.29. The van der Waals surface area contributed by atoms with Crippen molar-refractivity contribution in [3.8, 4) is 0 Å². The molecule has 0 aromatic rings. The summed E-state index contributed by atoms with van der Waals surface area (Å²) >= 11 is 0. The molecule has 0 saturated heterocycles. The van der Waals surface area contributed by atoms with Gasteiger partial charge in [0.25, 0.3) is 0 Å². The van der Waals surface area contributed by atoms with Crippen LogP contribution < -0.4 is 0 Å². The molecule has 4 nitrogen and oxygen atoms in total. The Morgan fingerprint density at radius 1 is 1.47 bits per heavy atom. The van der Waals surface area contributed by atoms with Crippen molar-refractivity contribution in [2.45, 2.75) is 46.3 Å². The summed E-state index contributed by atoms with van der Waals surface area (Å²) in [6, 6.07) is 0.209. The number of aliphatic hydroxyl groups is 1. The smallest absolute Gasteiger partial charge is 0.320 e. The number of nitrogens with zero attached hydrogens (tertiary/aromatic N) is 1. The number of hydrogen-bond acceptors (Lipinski definition) is 4. The standard InChI is InChI=1S/C11H23NO3/c1-6-15-10(13)7-12(9(2)3)8-11(4,5)14/h9,14H,6-8H2,1-5H3. The van der Waals surface area contributed by atoms with Crippen LogP contribution in [-0.4, -0.2) is 47.3 Å². The minimum atomic E-state index is -0.795. The molecule has 4 heteroatoms. The van der Waals surface area contributed by atoms with Crippen molar-refractivity contribution in [2.75, 3.05) is 19.7 Å². The van der Waals surface area contributed by atoms with Crippen LogP contribution >= 0.6 is 0 Å². The normalized spacial score (nSPS) is 12.3. The summed E-state index contributed by atoms with van der Waals surface area (Å²) in [5.41, 5.74) is -0.795. The number of carbonyl (C=O) groups is 1. The van der Waals surface area contributed by atoms with E-state index >= 15 is 0 Å². The largest absolute Gasteiger partial charge is 0.465 e. The van der Waals surface area contributed by atoms with Crippen molar-refractivity contribution >= 4 is 5.97 Å². The maximum atomic E-state index is 11.3. The third-order valence-electron chi connectivity index (χ3n) is 1.96. The second-order valence-electron chi connectivity index (χ2n) is 4.62. The molecule has 0 amide bonds. The van der Waals surface area contributed by atoms with Crippen molar-refractivity contribution < 1.29 is 14.6 Å². The van der Waals surface area contributed by atoms with Crippen LogP contribution in [0.3, 0.4) is 0 Å². The summed E-state index contributed by atoms with van der Waals surface area (Å²) in [5.74, 6) is -0.240. The first kappa shape index (κ1) is 14.4. The Bertz CT molecular complexity index is 196. The predicted molar refractivity (Wildman–Crippen MR) is 59.6 cm³/mol. The Balaban J connectivity index is 4.23. The Morgan fingerprint density at radius 3 is 2.33 bits per heavy atom. The van der Waals surface area contributed by atoms with E-state index in [-0.39, 0.29) is 18.6 Å². The van der Waals surface area contributed by atoms with E-state index in [0.29, 0.717) is 13.2 Å². The van der Waals surface area contributed by atoms with Gasteiger partial charge in [0.15, 0.2) is 0 Å². The van der Waals surface area contributed by atoms with Crippen LogP contribution in [-0.2, 0) is 9.53 Å². The molecule has 0 aromatic carbocycles. The van der Waals surface area contributed by atoms with Gasteiger partial charge in [-0.2, -0.15) is 0 Å². The van der Waals surface area contributed by atoms with Crippen LogP contribution in [0.5, 0.6) is 0 Å². The molecule has 0 aliphatic rings. The number of esters is 1. The van der Waals surface area contributed by atoms with Gasteiger partial charge in [-0.25, -0.2) is 0 Å². The van der Waals surface area contributed by atoms with Crippen molar-refractivity contribution in [1.82, 2.24) is 4.90 Å². The topological polar surface area (TPSA) is 49.8 Å². The maximum Gasteiger partial charge on any atom is 0.320 e. The van der Waals surface area contributed by atoms with E-state index in [9.17, 15) is 9.90 Å². The SMILES string of the molecule is CCOC(=O)CN(CC(C)(C)O)C(C)C. The average molecular weight is 217 g/mol. The van der Waals surface area contributed by atoms with Crippen molar-refractivity contribution in [3.63, 3.8) is 0 Å². The molecule has 0 aliphatic carbocycles. The van der Waals surface area contributed by atoms with Gasteiger partial charge in [-0.3, -0.25) is 9.69 Å². The summed E-state index contributed by atoms with van der Waals surface area (Å²) in [6.45, 7) is 10.3. The number of rotatable bonds is 6. The quantitative estimate of drug-likeness (QED) is 0.675. The van der Waals surface area contributed by atoms with Crippen LogP contribution in [0.25, 0.3) is 0 Å². The lowest BCUT2D eigenvalue weighted by atomic mass is 10.1. The summed E-state index contributed by atoms with van der Waals surface area (Å²) in [5, 5.41) is 9.69. The lowest BCUT2D eigenvalue weighted by Gasteiger charge is -2.31. The van der Waals surface area contributed by atoms with Crippen molar-refractivity contribution in [3.05, 3.63) is 0 Å². The Labute approximate surface area is 92.2 Å². The van der Waals surface area contributed by atoms with Gasteiger partial charge in [-0.1, -0.05) is 0 Å². The average Bonchev–Trinajstić information content (AvgIpc) is 2.00. The zero-order valence-corrected chi connectivity index (χ0v) is 10.4. The van der Waals surface area contributed by atoms with E-state index in [1.165, 1.54) is 0 Å². The van der Waals surface area contributed by atoms with E-state index in [1.54, 1.807) is 20.8 Å². The lowest BCUT2D eigenvalue weighted by Crippen LogP contribution is -2.45. The predicted octanol–water partition coefficient (Wildman–Crippen LogP) is 1.03. The maximum absolute atomic E-state index is 11.3. The molecule has 0 spiro atoms. The summed E-state index contributed by atoms with van der Waals surface area (Å²) in [4.78, 5) is 13.2. The van der Waals surface area contributed by atoms with Crippen molar-refractivity contribution in [2.24, 2.45) is 0 Å². The highest BCUT2D eigenvalue weighted by Crippen LogP contribution is 2.08. The third kappa shape index (κ3) is 7.33. The molecular formula is C11H23NO3. The molecule has 0 unspecified atom stereocenters. The Morgan fingerprint density at radius 2 is 2.00 bits per heavy atom. The fraction of sp³-hybridized carbons (Fsp3) is 0.909. The first-order valence-electron chi connectivity index (χ1n) is 5.38. The third-order valence-corrected chi connectivity index (χ3v) is 1.96. The van der Waals surface area contributed by atoms with E-state index in [0.717, 1.165) is 0 Å². The van der Waals surface area contributed by atoms with E-state index in [1.807, 2.05) is 18.7 Å². The minimum absolute atomic E-state index is 0.209. The van der Waals surface area contributed by atoms with E-state index in [2.05, 4.69) is 0 Å². The highest BCUT2D eigenvalue weighted by Gasteiger charge is 2.22.